The van der Waals surface area contributed by atoms with E-state index in [9.17, 15) is 4.79 Å². The lowest BCUT2D eigenvalue weighted by Gasteiger charge is -2.36. The van der Waals surface area contributed by atoms with Crippen LogP contribution in [0.15, 0.2) is 0 Å². The van der Waals surface area contributed by atoms with Crippen LogP contribution in [0.25, 0.3) is 0 Å². The summed E-state index contributed by atoms with van der Waals surface area (Å²) in [6, 6.07) is 0.879. The molecule has 1 N–H and O–H groups in total. The maximum absolute atomic E-state index is 10.9. The number of carbonyl (C=O) groups is 1. The maximum atomic E-state index is 10.9. The van der Waals surface area contributed by atoms with E-state index in [-0.39, 0.29) is 6.54 Å². The lowest BCUT2D eigenvalue weighted by Crippen LogP contribution is -2.46. The third-order valence-electron chi connectivity index (χ3n) is 4.04. The number of carboxylic acid groups (broad SMARTS) is 1. The molecule has 0 aromatic carbocycles. The first-order valence-corrected chi connectivity index (χ1v) is 6.57. The summed E-state index contributed by atoms with van der Waals surface area (Å²) in [5.74, 6) is 0.00963. The molecule has 16 heavy (non-hydrogen) atoms. The Morgan fingerprint density at radius 3 is 2.62 bits per heavy atom. The Hall–Kier alpha value is -0.570. The highest BCUT2D eigenvalue weighted by atomic mass is 16.4. The minimum absolute atomic E-state index is 0.205. The van der Waals surface area contributed by atoms with E-state index in [0.29, 0.717) is 18.0 Å². The Kier molecular flexibility index (Phi) is 5.26. The summed E-state index contributed by atoms with van der Waals surface area (Å²) < 4.78 is 0. The molecule has 1 aliphatic carbocycles. The highest BCUT2D eigenvalue weighted by Gasteiger charge is 2.33. The first-order chi connectivity index (χ1) is 7.60. The number of hydrogen-bond acceptors (Lipinski definition) is 2. The van der Waals surface area contributed by atoms with Crippen LogP contribution in [-0.4, -0.2) is 34.6 Å². The third kappa shape index (κ3) is 3.21. The van der Waals surface area contributed by atoms with Gasteiger partial charge in [0.25, 0.3) is 0 Å². The summed E-state index contributed by atoms with van der Waals surface area (Å²) in [5.41, 5.74) is 0. The van der Waals surface area contributed by atoms with E-state index >= 15 is 0 Å². The van der Waals surface area contributed by atoms with Gasteiger partial charge in [-0.2, -0.15) is 0 Å². The topological polar surface area (TPSA) is 40.5 Å². The smallest absolute Gasteiger partial charge is 0.317 e. The molecule has 0 saturated heterocycles. The molecular formula is C13H25NO2. The quantitative estimate of drug-likeness (QED) is 0.758. The van der Waals surface area contributed by atoms with Crippen LogP contribution in [0.4, 0.5) is 0 Å². The monoisotopic (exact) mass is 227 g/mol. The average molecular weight is 227 g/mol. The largest absolute Gasteiger partial charge is 0.480 e. The molecule has 0 aliphatic heterocycles. The van der Waals surface area contributed by atoms with E-state index in [4.69, 9.17) is 5.11 Å². The second-order valence-electron chi connectivity index (χ2n) is 4.99. The van der Waals surface area contributed by atoms with Crippen molar-refractivity contribution in [3.63, 3.8) is 0 Å². The van der Waals surface area contributed by atoms with Crippen molar-refractivity contribution in [3.8, 4) is 0 Å². The molecule has 0 radical (unpaired) electrons. The lowest BCUT2D eigenvalue weighted by atomic mass is 9.97. The average Bonchev–Trinajstić information content (AvgIpc) is 2.72. The van der Waals surface area contributed by atoms with Gasteiger partial charge in [-0.15, -0.1) is 0 Å². The van der Waals surface area contributed by atoms with Crippen molar-refractivity contribution in [3.05, 3.63) is 0 Å². The van der Waals surface area contributed by atoms with Gasteiger partial charge >= 0.3 is 5.97 Å². The SMILES string of the molecule is CCC1CCCC1N(CC(=O)O)C(C)CC. The second-order valence-corrected chi connectivity index (χ2v) is 4.99. The Labute approximate surface area is 98.8 Å². The normalized spacial score (nSPS) is 27.2. The molecule has 94 valence electrons. The van der Waals surface area contributed by atoms with Gasteiger partial charge < -0.3 is 5.11 Å². The molecule has 3 heteroatoms. The Morgan fingerprint density at radius 2 is 2.12 bits per heavy atom. The molecule has 0 aromatic heterocycles. The number of aliphatic carboxylic acids is 1. The van der Waals surface area contributed by atoms with Crippen LogP contribution < -0.4 is 0 Å². The number of carboxylic acids is 1. The first kappa shape index (κ1) is 13.5. The van der Waals surface area contributed by atoms with Gasteiger partial charge in [0, 0.05) is 12.1 Å². The molecular weight excluding hydrogens is 202 g/mol. The summed E-state index contributed by atoms with van der Waals surface area (Å²) in [4.78, 5) is 13.2. The zero-order valence-electron chi connectivity index (χ0n) is 10.8. The molecule has 1 saturated carbocycles. The van der Waals surface area contributed by atoms with Crippen molar-refractivity contribution < 1.29 is 9.90 Å². The lowest BCUT2D eigenvalue weighted by molar-refractivity contribution is -0.139. The van der Waals surface area contributed by atoms with E-state index < -0.39 is 5.97 Å². The molecule has 0 spiro atoms. The summed E-state index contributed by atoms with van der Waals surface area (Å²) in [6.45, 7) is 6.71. The van der Waals surface area contributed by atoms with Crippen LogP contribution in [0, 0.1) is 5.92 Å². The predicted molar refractivity (Wildman–Crippen MR) is 65.5 cm³/mol. The van der Waals surface area contributed by atoms with Gasteiger partial charge in [-0.05, 0) is 32.1 Å². The number of rotatable bonds is 6. The maximum Gasteiger partial charge on any atom is 0.317 e. The Bertz CT molecular complexity index is 230. The molecule has 1 rings (SSSR count). The van der Waals surface area contributed by atoms with Gasteiger partial charge in [0.2, 0.25) is 0 Å². The number of nitrogens with zero attached hydrogens (tertiary/aromatic N) is 1. The first-order valence-electron chi connectivity index (χ1n) is 6.57. The predicted octanol–water partition coefficient (Wildman–Crippen LogP) is 2.75. The van der Waals surface area contributed by atoms with Gasteiger partial charge in [0.1, 0.15) is 0 Å². The van der Waals surface area contributed by atoms with E-state index in [1.807, 2.05) is 0 Å². The van der Waals surface area contributed by atoms with Crippen molar-refractivity contribution in [2.24, 2.45) is 5.92 Å². The van der Waals surface area contributed by atoms with Gasteiger partial charge in [-0.3, -0.25) is 9.69 Å². The van der Waals surface area contributed by atoms with E-state index in [1.165, 1.54) is 25.7 Å². The zero-order valence-corrected chi connectivity index (χ0v) is 10.8. The van der Waals surface area contributed by atoms with E-state index in [1.54, 1.807) is 0 Å². The molecule has 3 unspecified atom stereocenters. The van der Waals surface area contributed by atoms with Crippen LogP contribution in [0.1, 0.15) is 52.9 Å². The Balaban J connectivity index is 2.70. The van der Waals surface area contributed by atoms with Crippen LogP contribution >= 0.6 is 0 Å². The summed E-state index contributed by atoms with van der Waals surface area (Å²) in [5, 5.41) is 9.01. The van der Waals surface area contributed by atoms with Crippen LogP contribution in [0.2, 0.25) is 0 Å². The highest BCUT2D eigenvalue weighted by Crippen LogP contribution is 2.33. The minimum atomic E-state index is -0.693. The third-order valence-corrected chi connectivity index (χ3v) is 4.04. The Morgan fingerprint density at radius 1 is 1.44 bits per heavy atom. The van der Waals surface area contributed by atoms with Crippen molar-refractivity contribution in [2.45, 2.75) is 65.0 Å². The zero-order chi connectivity index (χ0) is 12.1. The van der Waals surface area contributed by atoms with Crippen LogP contribution in [0.5, 0.6) is 0 Å². The van der Waals surface area contributed by atoms with E-state index in [2.05, 4.69) is 25.7 Å². The van der Waals surface area contributed by atoms with Crippen molar-refractivity contribution in [1.29, 1.82) is 0 Å². The van der Waals surface area contributed by atoms with Gasteiger partial charge in [-0.25, -0.2) is 0 Å². The summed E-state index contributed by atoms with van der Waals surface area (Å²) in [7, 11) is 0. The van der Waals surface area contributed by atoms with Crippen molar-refractivity contribution >= 4 is 5.97 Å². The molecule has 1 aliphatic rings. The molecule has 3 atom stereocenters. The van der Waals surface area contributed by atoms with Gasteiger partial charge in [-0.1, -0.05) is 26.7 Å². The summed E-state index contributed by atoms with van der Waals surface area (Å²) >= 11 is 0. The van der Waals surface area contributed by atoms with Crippen LogP contribution in [-0.2, 0) is 4.79 Å². The standard InChI is InChI=1S/C13H25NO2/c1-4-10(3)14(9-13(15)16)12-8-6-7-11(12)5-2/h10-12H,4-9H2,1-3H3,(H,15,16). The van der Waals surface area contributed by atoms with Crippen LogP contribution in [0.3, 0.4) is 0 Å². The summed E-state index contributed by atoms with van der Waals surface area (Å²) in [6.07, 6.45) is 5.91. The molecule has 0 bridgehead atoms. The highest BCUT2D eigenvalue weighted by molar-refractivity contribution is 5.69. The van der Waals surface area contributed by atoms with Gasteiger partial charge in [0.05, 0.1) is 6.54 Å². The fraction of sp³-hybridized carbons (Fsp3) is 0.923. The van der Waals surface area contributed by atoms with E-state index in [0.717, 1.165) is 6.42 Å². The molecule has 1 fully saturated rings. The molecule has 0 aromatic rings. The molecule has 0 heterocycles. The van der Waals surface area contributed by atoms with Crippen molar-refractivity contribution in [2.75, 3.05) is 6.54 Å². The fourth-order valence-electron chi connectivity index (χ4n) is 2.92. The van der Waals surface area contributed by atoms with Gasteiger partial charge in [0.15, 0.2) is 0 Å². The number of hydrogen-bond donors (Lipinski definition) is 1. The second kappa shape index (κ2) is 6.24. The molecule has 3 nitrogen and oxygen atoms in total. The fourth-order valence-corrected chi connectivity index (χ4v) is 2.92. The van der Waals surface area contributed by atoms with Crippen molar-refractivity contribution in [1.82, 2.24) is 4.90 Å². The minimum Gasteiger partial charge on any atom is -0.480 e. The molecule has 0 amide bonds.